The van der Waals surface area contributed by atoms with Crippen molar-refractivity contribution >= 4 is 29.2 Å². The average molecular weight is 278 g/mol. The van der Waals surface area contributed by atoms with Crippen LogP contribution in [0, 0.1) is 5.82 Å². The molecular weight excluding hydrogens is 265 g/mol. The number of aromatic hydroxyl groups is 1. The third-order valence-corrected chi connectivity index (χ3v) is 3.50. The third kappa shape index (κ3) is 3.87. The monoisotopic (exact) mass is 277 g/mol. The first-order valence-corrected chi connectivity index (χ1v) is 6.34. The molecule has 1 aromatic rings. The molecule has 17 heavy (non-hydrogen) atoms. The zero-order valence-corrected chi connectivity index (χ0v) is 11.3. The molecular formula is C11H13ClFNO2S. The molecule has 0 aliphatic heterocycles. The van der Waals surface area contributed by atoms with Gasteiger partial charge in [-0.25, -0.2) is 4.39 Å². The van der Waals surface area contributed by atoms with Crippen LogP contribution in [0.25, 0.3) is 0 Å². The van der Waals surface area contributed by atoms with Crippen molar-refractivity contribution in [2.24, 2.45) is 4.40 Å². The molecule has 1 atom stereocenters. The van der Waals surface area contributed by atoms with Crippen LogP contribution in [0.2, 0.25) is 5.02 Å². The van der Waals surface area contributed by atoms with Crippen molar-refractivity contribution < 1.29 is 14.0 Å². The molecule has 0 radical (unpaired) electrons. The highest BCUT2D eigenvalue weighted by molar-refractivity contribution is 7.91. The molecule has 3 nitrogen and oxygen atoms in total. The van der Waals surface area contributed by atoms with Gasteiger partial charge in [0.05, 0.1) is 11.2 Å². The van der Waals surface area contributed by atoms with Crippen LogP contribution < -0.4 is 0 Å². The molecule has 0 aromatic heterocycles. The number of hydrogen-bond acceptors (Lipinski definition) is 3. The zero-order chi connectivity index (χ0) is 13.2. The Kier molecular flexibility index (Phi) is 4.41. The number of rotatable bonds is 2. The van der Waals surface area contributed by atoms with Crippen LogP contribution in [0.1, 0.15) is 26.3 Å². The second kappa shape index (κ2) is 5.25. The van der Waals surface area contributed by atoms with E-state index in [1.54, 1.807) is 20.8 Å². The van der Waals surface area contributed by atoms with Gasteiger partial charge >= 0.3 is 0 Å². The second-order valence-electron chi connectivity index (χ2n) is 4.42. The number of halogens is 2. The van der Waals surface area contributed by atoms with Gasteiger partial charge in [-0.2, -0.15) is 0 Å². The number of benzene rings is 1. The lowest BCUT2D eigenvalue weighted by atomic mass is 10.2. The van der Waals surface area contributed by atoms with Gasteiger partial charge in [-0.05, 0) is 32.9 Å². The number of hydrogen-bond donors (Lipinski definition) is 1. The summed E-state index contributed by atoms with van der Waals surface area (Å²) in [6.45, 7) is 5.29. The summed E-state index contributed by atoms with van der Waals surface area (Å²) in [4.78, 5) is 0. The Bertz CT molecular complexity index is 446. The first-order valence-electron chi connectivity index (χ1n) is 4.86. The van der Waals surface area contributed by atoms with Crippen LogP contribution in [0.3, 0.4) is 0 Å². The molecule has 0 aliphatic carbocycles. The molecule has 6 heteroatoms. The lowest BCUT2D eigenvalue weighted by Crippen LogP contribution is -2.25. The second-order valence-corrected chi connectivity index (χ2v) is 6.76. The number of phenolic OH excluding ortho intramolecular Hbond substituents is 1. The first kappa shape index (κ1) is 14.3. The largest absolute Gasteiger partial charge is 0.591 e. The minimum atomic E-state index is -1.47. The highest BCUT2D eigenvalue weighted by Crippen LogP contribution is 2.28. The topological polar surface area (TPSA) is 55.7 Å². The Balaban J connectivity index is 3.00. The van der Waals surface area contributed by atoms with Gasteiger partial charge in [0.1, 0.15) is 27.7 Å². The summed E-state index contributed by atoms with van der Waals surface area (Å²) in [5.74, 6) is -0.862. The van der Waals surface area contributed by atoms with Crippen molar-refractivity contribution in [1.29, 1.82) is 0 Å². The molecule has 1 aromatic carbocycles. The van der Waals surface area contributed by atoms with Crippen LogP contribution in [-0.2, 0) is 11.4 Å². The van der Waals surface area contributed by atoms with E-state index in [0.717, 1.165) is 18.3 Å². The van der Waals surface area contributed by atoms with Gasteiger partial charge in [0.25, 0.3) is 0 Å². The molecule has 0 saturated heterocycles. The van der Waals surface area contributed by atoms with E-state index in [4.69, 9.17) is 11.6 Å². The van der Waals surface area contributed by atoms with Crippen molar-refractivity contribution in [2.45, 2.75) is 25.5 Å². The molecule has 0 unspecified atom stereocenters. The smallest absolute Gasteiger partial charge is 0.144 e. The molecule has 1 N–H and O–H groups in total. The summed E-state index contributed by atoms with van der Waals surface area (Å²) in [5, 5.41) is 9.45. The Morgan fingerprint density at radius 3 is 2.59 bits per heavy atom. The van der Waals surface area contributed by atoms with Gasteiger partial charge in [0.15, 0.2) is 0 Å². The quantitative estimate of drug-likeness (QED) is 0.667. The Morgan fingerprint density at radius 1 is 1.47 bits per heavy atom. The Hall–Kier alpha value is -0.780. The van der Waals surface area contributed by atoms with E-state index in [1.807, 2.05) is 0 Å². The number of phenols is 1. The van der Waals surface area contributed by atoms with Crippen molar-refractivity contribution in [1.82, 2.24) is 0 Å². The summed E-state index contributed by atoms with van der Waals surface area (Å²) in [6, 6.07) is 2.07. The van der Waals surface area contributed by atoms with Crippen molar-refractivity contribution in [3.8, 4) is 5.75 Å². The van der Waals surface area contributed by atoms with Gasteiger partial charge in [0, 0.05) is 5.56 Å². The molecule has 0 bridgehead atoms. The predicted molar refractivity (Wildman–Crippen MR) is 68.6 cm³/mol. The zero-order valence-electron chi connectivity index (χ0n) is 9.70. The molecule has 0 amide bonds. The maximum absolute atomic E-state index is 13.0. The minimum absolute atomic E-state index is 0.104. The summed E-state index contributed by atoms with van der Waals surface area (Å²) in [5.41, 5.74) is 0.104. The van der Waals surface area contributed by atoms with E-state index in [2.05, 4.69) is 4.40 Å². The van der Waals surface area contributed by atoms with E-state index in [0.29, 0.717) is 0 Å². The maximum atomic E-state index is 13.0. The summed E-state index contributed by atoms with van der Waals surface area (Å²) >= 11 is 4.13. The van der Waals surface area contributed by atoms with Crippen molar-refractivity contribution in [2.75, 3.05) is 0 Å². The van der Waals surface area contributed by atoms with Crippen molar-refractivity contribution in [3.05, 3.63) is 28.5 Å². The van der Waals surface area contributed by atoms with Crippen LogP contribution in [-0.4, -0.2) is 20.6 Å². The first-order chi connectivity index (χ1) is 7.71. The van der Waals surface area contributed by atoms with E-state index in [1.165, 1.54) is 0 Å². The highest BCUT2D eigenvalue weighted by atomic mass is 35.5. The van der Waals surface area contributed by atoms with Gasteiger partial charge in [-0.1, -0.05) is 16.0 Å². The number of nitrogens with zero attached hydrogens (tertiary/aromatic N) is 1. The predicted octanol–water partition coefficient (Wildman–Crippen LogP) is 3.07. The lowest BCUT2D eigenvalue weighted by molar-refractivity contribution is 0.472. The lowest BCUT2D eigenvalue weighted by Gasteiger charge is -2.17. The van der Waals surface area contributed by atoms with E-state index in [-0.39, 0.29) is 16.3 Å². The van der Waals surface area contributed by atoms with Gasteiger partial charge in [-0.3, -0.25) is 0 Å². The normalized spacial score (nSPS) is 14.2. The summed E-state index contributed by atoms with van der Waals surface area (Å²) < 4.78 is 27.9. The molecule has 94 valence electrons. The molecule has 0 heterocycles. The average Bonchev–Trinajstić information content (AvgIpc) is 2.19. The summed E-state index contributed by atoms with van der Waals surface area (Å²) in [6.07, 6.45) is 1.16. The Morgan fingerprint density at radius 2 is 2.06 bits per heavy atom. The molecule has 0 saturated carbocycles. The van der Waals surface area contributed by atoms with E-state index < -0.39 is 21.9 Å². The molecule has 0 spiro atoms. The van der Waals surface area contributed by atoms with E-state index in [9.17, 15) is 14.0 Å². The highest BCUT2D eigenvalue weighted by Gasteiger charge is 2.26. The van der Waals surface area contributed by atoms with Crippen LogP contribution in [0.5, 0.6) is 5.75 Å². The van der Waals surface area contributed by atoms with Gasteiger partial charge in [0.2, 0.25) is 0 Å². The van der Waals surface area contributed by atoms with Gasteiger partial charge < -0.3 is 9.66 Å². The fourth-order valence-corrected chi connectivity index (χ4v) is 1.69. The Labute approximate surface area is 108 Å². The van der Waals surface area contributed by atoms with Gasteiger partial charge in [-0.15, -0.1) is 0 Å². The fraction of sp³-hybridized carbons (Fsp3) is 0.364. The molecule has 0 fully saturated rings. The van der Waals surface area contributed by atoms with Crippen LogP contribution in [0.4, 0.5) is 4.39 Å². The standard InChI is InChI=1S/C11H13ClFNO2S/c1-11(2,3)17(16)14-6-7-4-8(13)5-9(12)10(7)15/h4-6,15H,1-3H3/b14-6+/t17-/m1/s1. The van der Waals surface area contributed by atoms with Crippen molar-refractivity contribution in [3.63, 3.8) is 0 Å². The molecule has 0 aliphatic rings. The fourth-order valence-electron chi connectivity index (χ4n) is 0.947. The van der Waals surface area contributed by atoms with E-state index >= 15 is 0 Å². The maximum Gasteiger partial charge on any atom is 0.144 e. The van der Waals surface area contributed by atoms with Crippen LogP contribution in [0.15, 0.2) is 16.5 Å². The molecule has 1 rings (SSSR count). The minimum Gasteiger partial charge on any atom is -0.591 e. The SMILES string of the molecule is CC(C)(C)[S@@+]([O-])/N=C/c1cc(F)cc(Cl)c1O. The summed E-state index contributed by atoms with van der Waals surface area (Å²) in [7, 11) is 0. The van der Waals surface area contributed by atoms with Crippen LogP contribution >= 0.6 is 11.6 Å². The third-order valence-electron chi connectivity index (χ3n) is 1.87.